The van der Waals surface area contributed by atoms with Crippen molar-refractivity contribution in [1.82, 2.24) is 0 Å². The Morgan fingerprint density at radius 1 is 1.10 bits per heavy atom. The van der Waals surface area contributed by atoms with E-state index in [4.69, 9.17) is 28.9 Å². The Bertz CT molecular complexity index is 726. The zero-order valence-electron chi connectivity index (χ0n) is 9.90. The van der Waals surface area contributed by atoms with Crippen molar-refractivity contribution in [3.8, 4) is 0 Å². The molecule has 4 nitrogen and oxygen atoms in total. The maximum absolute atomic E-state index is 13.2. The van der Waals surface area contributed by atoms with E-state index in [0.717, 1.165) is 18.2 Å². The lowest BCUT2D eigenvalue weighted by Gasteiger charge is -2.11. The van der Waals surface area contributed by atoms with Gasteiger partial charge in [-0.3, -0.25) is 4.72 Å². The molecule has 0 spiro atoms. The Kier molecular flexibility index (Phi) is 4.08. The molecule has 2 aromatic rings. The Labute approximate surface area is 125 Å². The summed E-state index contributed by atoms with van der Waals surface area (Å²) in [5.74, 6) is -0.754. The summed E-state index contributed by atoms with van der Waals surface area (Å²) in [6.07, 6.45) is 0. The van der Waals surface area contributed by atoms with E-state index >= 15 is 0 Å². The number of para-hydroxylation sites is 1. The molecule has 0 bridgehead atoms. The summed E-state index contributed by atoms with van der Waals surface area (Å²) in [6.45, 7) is 0. The molecule has 0 fully saturated rings. The van der Waals surface area contributed by atoms with Crippen molar-refractivity contribution in [3.63, 3.8) is 0 Å². The highest BCUT2D eigenvalue weighted by molar-refractivity contribution is 7.92. The second-order valence-corrected chi connectivity index (χ2v) is 6.42. The third-order valence-corrected chi connectivity index (χ3v) is 4.36. The van der Waals surface area contributed by atoms with Gasteiger partial charge in [-0.25, -0.2) is 12.8 Å². The summed E-state index contributed by atoms with van der Waals surface area (Å²) in [7, 11) is -4.04. The Balaban J connectivity index is 2.46. The van der Waals surface area contributed by atoms with Crippen LogP contribution in [0.1, 0.15) is 0 Å². The molecule has 0 saturated heterocycles. The van der Waals surface area contributed by atoms with Crippen LogP contribution in [0.5, 0.6) is 0 Å². The fraction of sp³-hybridized carbons (Fsp3) is 0. The van der Waals surface area contributed by atoms with Gasteiger partial charge in [-0.15, -0.1) is 0 Å². The molecule has 106 valence electrons. The third-order valence-electron chi connectivity index (χ3n) is 2.40. The minimum absolute atomic E-state index is 0.00405. The first-order chi connectivity index (χ1) is 9.29. The van der Waals surface area contributed by atoms with E-state index in [9.17, 15) is 12.8 Å². The average molecular weight is 335 g/mol. The van der Waals surface area contributed by atoms with E-state index in [1.807, 2.05) is 0 Å². The first-order valence-corrected chi connectivity index (χ1v) is 7.56. The summed E-state index contributed by atoms with van der Waals surface area (Å²) >= 11 is 11.8. The number of benzene rings is 2. The molecular formula is C12H9Cl2FN2O2S. The summed E-state index contributed by atoms with van der Waals surface area (Å²) in [4.78, 5) is -0.314. The van der Waals surface area contributed by atoms with Crippen molar-refractivity contribution in [2.24, 2.45) is 0 Å². The number of hydrogen-bond acceptors (Lipinski definition) is 3. The van der Waals surface area contributed by atoms with E-state index in [1.165, 1.54) is 12.1 Å². The van der Waals surface area contributed by atoms with E-state index in [1.54, 1.807) is 6.07 Å². The Morgan fingerprint density at radius 3 is 2.25 bits per heavy atom. The fourth-order valence-electron chi connectivity index (χ4n) is 1.53. The second-order valence-electron chi connectivity index (χ2n) is 3.92. The molecule has 0 heterocycles. The monoisotopic (exact) mass is 334 g/mol. The molecule has 8 heteroatoms. The zero-order valence-corrected chi connectivity index (χ0v) is 12.2. The minimum Gasteiger partial charge on any atom is -0.399 e. The topological polar surface area (TPSA) is 72.2 Å². The molecule has 0 radical (unpaired) electrons. The van der Waals surface area contributed by atoms with E-state index in [-0.39, 0.29) is 26.3 Å². The molecule has 20 heavy (non-hydrogen) atoms. The highest BCUT2D eigenvalue weighted by atomic mass is 35.5. The molecule has 0 saturated carbocycles. The van der Waals surface area contributed by atoms with Crippen LogP contribution in [0, 0.1) is 5.82 Å². The summed E-state index contributed by atoms with van der Waals surface area (Å²) in [5, 5.41) is 0.260. The fourth-order valence-corrected chi connectivity index (χ4v) is 3.30. The number of sulfonamides is 1. The zero-order chi connectivity index (χ0) is 14.9. The molecule has 0 aliphatic heterocycles. The Hall–Kier alpha value is -1.50. The smallest absolute Gasteiger partial charge is 0.262 e. The number of rotatable bonds is 3. The lowest BCUT2D eigenvalue weighted by Crippen LogP contribution is -2.14. The SMILES string of the molecule is Nc1cc(F)cc(S(=O)(=O)Nc2c(Cl)cccc2Cl)c1. The van der Waals surface area contributed by atoms with Crippen LogP contribution in [0.25, 0.3) is 0 Å². The quantitative estimate of drug-likeness (QED) is 0.843. The molecule has 0 aromatic heterocycles. The van der Waals surface area contributed by atoms with Crippen LogP contribution >= 0.6 is 23.2 Å². The number of anilines is 2. The summed E-state index contributed by atoms with van der Waals surface area (Å²) in [6, 6.07) is 7.53. The molecule has 2 rings (SSSR count). The number of hydrogen-bond donors (Lipinski definition) is 2. The van der Waals surface area contributed by atoms with Gasteiger partial charge in [0.05, 0.1) is 20.6 Å². The normalized spacial score (nSPS) is 11.3. The van der Waals surface area contributed by atoms with Crippen LogP contribution in [0.3, 0.4) is 0 Å². The van der Waals surface area contributed by atoms with Crippen molar-refractivity contribution in [3.05, 3.63) is 52.3 Å². The van der Waals surface area contributed by atoms with Gasteiger partial charge in [-0.1, -0.05) is 29.3 Å². The van der Waals surface area contributed by atoms with Crippen molar-refractivity contribution >= 4 is 44.6 Å². The lowest BCUT2D eigenvalue weighted by atomic mass is 10.3. The van der Waals surface area contributed by atoms with Crippen LogP contribution < -0.4 is 10.5 Å². The highest BCUT2D eigenvalue weighted by Crippen LogP contribution is 2.32. The molecule has 0 unspecified atom stereocenters. The lowest BCUT2D eigenvalue weighted by molar-refractivity contribution is 0.595. The maximum Gasteiger partial charge on any atom is 0.262 e. The molecule has 2 aromatic carbocycles. The molecule has 0 atom stereocenters. The largest absolute Gasteiger partial charge is 0.399 e. The molecular weight excluding hydrogens is 326 g/mol. The average Bonchev–Trinajstić information content (AvgIpc) is 2.33. The van der Waals surface area contributed by atoms with Gasteiger partial charge in [0.15, 0.2) is 0 Å². The number of nitrogens with two attached hydrogens (primary N) is 1. The van der Waals surface area contributed by atoms with Crippen LogP contribution in [-0.2, 0) is 10.0 Å². The van der Waals surface area contributed by atoms with Gasteiger partial charge in [0, 0.05) is 5.69 Å². The van der Waals surface area contributed by atoms with Crippen LogP contribution in [0.4, 0.5) is 15.8 Å². The third kappa shape index (κ3) is 3.15. The van der Waals surface area contributed by atoms with E-state index < -0.39 is 15.8 Å². The van der Waals surface area contributed by atoms with Gasteiger partial charge < -0.3 is 5.73 Å². The van der Waals surface area contributed by atoms with Crippen molar-refractivity contribution in [1.29, 1.82) is 0 Å². The van der Waals surface area contributed by atoms with E-state index in [0.29, 0.717) is 0 Å². The maximum atomic E-state index is 13.2. The summed E-state index contributed by atoms with van der Waals surface area (Å²) in [5.41, 5.74) is 5.45. The Morgan fingerprint density at radius 2 is 1.70 bits per heavy atom. The first-order valence-electron chi connectivity index (χ1n) is 5.32. The first kappa shape index (κ1) is 14.9. The molecule has 3 N–H and O–H groups in total. The molecule has 0 amide bonds. The van der Waals surface area contributed by atoms with Crippen LogP contribution in [0.2, 0.25) is 10.0 Å². The van der Waals surface area contributed by atoms with Gasteiger partial charge in [0.1, 0.15) is 5.82 Å². The van der Waals surface area contributed by atoms with Gasteiger partial charge in [0.25, 0.3) is 10.0 Å². The van der Waals surface area contributed by atoms with Crippen molar-refractivity contribution in [2.75, 3.05) is 10.5 Å². The van der Waals surface area contributed by atoms with Crippen LogP contribution in [-0.4, -0.2) is 8.42 Å². The molecule has 0 aliphatic rings. The standard InChI is InChI=1S/C12H9Cl2FN2O2S/c13-10-2-1-3-11(14)12(10)17-20(18,19)9-5-7(15)4-8(16)6-9/h1-6,17H,16H2. The van der Waals surface area contributed by atoms with Gasteiger partial charge in [-0.2, -0.15) is 0 Å². The number of nitrogens with one attached hydrogen (secondary N) is 1. The van der Waals surface area contributed by atoms with E-state index in [2.05, 4.69) is 4.72 Å². The second kappa shape index (κ2) is 5.47. The molecule has 0 aliphatic carbocycles. The van der Waals surface area contributed by atoms with Crippen molar-refractivity contribution in [2.45, 2.75) is 4.90 Å². The van der Waals surface area contributed by atoms with Gasteiger partial charge >= 0.3 is 0 Å². The van der Waals surface area contributed by atoms with Crippen LogP contribution in [0.15, 0.2) is 41.3 Å². The predicted molar refractivity (Wildman–Crippen MR) is 78.1 cm³/mol. The summed E-state index contributed by atoms with van der Waals surface area (Å²) < 4.78 is 39.8. The number of halogens is 3. The predicted octanol–water partition coefficient (Wildman–Crippen LogP) is 3.52. The van der Waals surface area contributed by atoms with Crippen molar-refractivity contribution < 1.29 is 12.8 Å². The highest BCUT2D eigenvalue weighted by Gasteiger charge is 2.19. The number of nitrogen functional groups attached to an aromatic ring is 1. The van der Waals surface area contributed by atoms with Gasteiger partial charge in [0.2, 0.25) is 0 Å². The van der Waals surface area contributed by atoms with Gasteiger partial charge in [-0.05, 0) is 30.3 Å². The minimum atomic E-state index is -4.04.